The van der Waals surface area contributed by atoms with Crippen LogP contribution in [0.2, 0.25) is 0 Å². The van der Waals surface area contributed by atoms with Crippen molar-refractivity contribution >= 4 is 11.9 Å². The highest BCUT2D eigenvalue weighted by molar-refractivity contribution is 5.76. The van der Waals surface area contributed by atoms with Gasteiger partial charge in [-0.25, -0.2) is 0 Å². The molecule has 0 radical (unpaired) electrons. The fourth-order valence-corrected chi connectivity index (χ4v) is 12.1. The van der Waals surface area contributed by atoms with Crippen LogP contribution in [-0.4, -0.2) is 47.4 Å². The van der Waals surface area contributed by atoms with Crippen LogP contribution in [-0.2, 0) is 14.3 Å². The molecule has 0 aliphatic carbocycles. The van der Waals surface area contributed by atoms with Gasteiger partial charge in [-0.2, -0.15) is 0 Å². The molecule has 1 amide bonds. The third-order valence-corrected chi connectivity index (χ3v) is 17.8. The number of allylic oxidation sites excluding steroid dienone is 2. The second-order valence-corrected chi connectivity index (χ2v) is 26.0. The predicted octanol–water partition coefficient (Wildman–Crippen LogP) is 24.3. The van der Waals surface area contributed by atoms with E-state index in [1.165, 1.54) is 360 Å². The molecule has 482 valence electrons. The second kappa shape index (κ2) is 71.1. The zero-order valence-corrected chi connectivity index (χ0v) is 55.3. The van der Waals surface area contributed by atoms with E-state index in [2.05, 4.69) is 31.3 Å². The fourth-order valence-electron chi connectivity index (χ4n) is 12.1. The number of esters is 1. The number of ether oxygens (including phenoxy) is 1. The minimum absolute atomic E-state index is 0.0179. The molecule has 2 atom stereocenters. The van der Waals surface area contributed by atoms with Crippen LogP contribution in [0.5, 0.6) is 0 Å². The van der Waals surface area contributed by atoms with Gasteiger partial charge in [-0.1, -0.05) is 379 Å². The van der Waals surface area contributed by atoms with Crippen LogP contribution in [0.1, 0.15) is 431 Å². The Morgan fingerprint density at radius 1 is 0.333 bits per heavy atom. The summed E-state index contributed by atoms with van der Waals surface area (Å²) in [5, 5.41) is 23.4. The van der Waals surface area contributed by atoms with Gasteiger partial charge in [-0.15, -0.1) is 0 Å². The van der Waals surface area contributed by atoms with Gasteiger partial charge in [0.15, 0.2) is 0 Å². The van der Waals surface area contributed by atoms with Gasteiger partial charge in [0.25, 0.3) is 0 Å². The van der Waals surface area contributed by atoms with Gasteiger partial charge in [0, 0.05) is 12.8 Å². The van der Waals surface area contributed by atoms with E-state index in [1.54, 1.807) is 0 Å². The lowest BCUT2D eigenvalue weighted by Crippen LogP contribution is -2.45. The van der Waals surface area contributed by atoms with Crippen LogP contribution in [0.3, 0.4) is 0 Å². The number of unbranched alkanes of at least 4 members (excludes halogenated alkanes) is 58. The van der Waals surface area contributed by atoms with E-state index in [0.717, 1.165) is 38.5 Å². The van der Waals surface area contributed by atoms with Crippen molar-refractivity contribution in [1.82, 2.24) is 5.32 Å². The normalized spacial score (nSPS) is 12.5. The molecular formula is C75H147NO5. The van der Waals surface area contributed by atoms with Crippen molar-refractivity contribution in [3.8, 4) is 0 Å². The average Bonchev–Trinajstić information content (AvgIpc) is 3.47. The highest BCUT2D eigenvalue weighted by Crippen LogP contribution is 2.20. The lowest BCUT2D eigenvalue weighted by Gasteiger charge is -2.22. The molecule has 0 spiro atoms. The van der Waals surface area contributed by atoms with E-state index in [4.69, 9.17) is 4.74 Å². The monoisotopic (exact) mass is 1140 g/mol. The minimum atomic E-state index is -0.668. The Labute approximate surface area is 508 Å². The van der Waals surface area contributed by atoms with Crippen LogP contribution in [0, 0.1) is 0 Å². The van der Waals surface area contributed by atoms with Crippen LogP contribution in [0.15, 0.2) is 12.2 Å². The molecule has 0 rings (SSSR count). The molecule has 0 fully saturated rings. The zero-order chi connectivity index (χ0) is 58.5. The number of hydrogen-bond donors (Lipinski definition) is 3. The molecular weight excluding hydrogens is 995 g/mol. The van der Waals surface area contributed by atoms with Gasteiger partial charge in [-0.05, 0) is 51.4 Å². The van der Waals surface area contributed by atoms with Crippen molar-refractivity contribution in [2.75, 3.05) is 13.2 Å². The van der Waals surface area contributed by atoms with Crippen molar-refractivity contribution in [2.45, 2.75) is 443 Å². The molecule has 81 heavy (non-hydrogen) atoms. The van der Waals surface area contributed by atoms with Crippen LogP contribution >= 0.6 is 0 Å². The summed E-state index contributed by atoms with van der Waals surface area (Å²) in [6.45, 7) is 5.01. The molecule has 0 saturated carbocycles. The largest absolute Gasteiger partial charge is 0.466 e. The highest BCUT2D eigenvalue weighted by atomic mass is 16.5. The SMILES string of the molecule is CCCCCCCCCCCCCCCCCCCCCCCCCC(O)C(CO)NC(=O)CCCCCCCCCC/C=C\CCCCCCCCCCCCCCOC(=O)CCCCCCCCCCCCCCCCCCC. The van der Waals surface area contributed by atoms with Gasteiger partial charge in [0.1, 0.15) is 0 Å². The molecule has 0 aromatic rings. The first-order valence-corrected chi connectivity index (χ1v) is 37.4. The number of amides is 1. The smallest absolute Gasteiger partial charge is 0.305 e. The van der Waals surface area contributed by atoms with Gasteiger partial charge in [0.05, 0.1) is 25.4 Å². The number of carbonyl (C=O) groups is 2. The fraction of sp³-hybridized carbons (Fsp3) is 0.947. The van der Waals surface area contributed by atoms with E-state index in [9.17, 15) is 19.8 Å². The Bertz CT molecular complexity index is 1220. The number of hydrogen-bond acceptors (Lipinski definition) is 5. The van der Waals surface area contributed by atoms with Gasteiger partial charge in [0.2, 0.25) is 5.91 Å². The molecule has 0 aromatic carbocycles. The summed E-state index contributed by atoms with van der Waals surface area (Å²) >= 11 is 0. The third kappa shape index (κ3) is 67.6. The lowest BCUT2D eigenvalue weighted by molar-refractivity contribution is -0.143. The minimum Gasteiger partial charge on any atom is -0.466 e. The van der Waals surface area contributed by atoms with Crippen molar-refractivity contribution in [3.63, 3.8) is 0 Å². The molecule has 6 heteroatoms. The number of carbonyl (C=O) groups excluding carboxylic acids is 2. The van der Waals surface area contributed by atoms with Crippen LogP contribution < -0.4 is 5.32 Å². The maximum absolute atomic E-state index is 12.6. The second-order valence-electron chi connectivity index (χ2n) is 26.0. The number of aliphatic hydroxyl groups is 2. The maximum atomic E-state index is 12.6. The van der Waals surface area contributed by atoms with Gasteiger partial charge < -0.3 is 20.3 Å². The topological polar surface area (TPSA) is 95.9 Å². The first-order chi connectivity index (χ1) is 40.0. The summed E-state index contributed by atoms with van der Waals surface area (Å²) in [6, 6.07) is -0.546. The molecule has 0 heterocycles. The Morgan fingerprint density at radius 3 is 0.877 bits per heavy atom. The first-order valence-electron chi connectivity index (χ1n) is 37.4. The summed E-state index contributed by atoms with van der Waals surface area (Å²) in [6.07, 6.45) is 88.4. The molecule has 0 bridgehead atoms. The summed E-state index contributed by atoms with van der Waals surface area (Å²) < 4.78 is 5.51. The van der Waals surface area contributed by atoms with E-state index in [1.807, 2.05) is 0 Å². The van der Waals surface area contributed by atoms with Gasteiger partial charge >= 0.3 is 5.97 Å². The van der Waals surface area contributed by atoms with Crippen molar-refractivity contribution in [1.29, 1.82) is 0 Å². The average molecular weight is 1140 g/mol. The Kier molecular flexibility index (Phi) is 69.9. The summed E-state index contributed by atoms with van der Waals surface area (Å²) in [5.74, 6) is -0.0161. The highest BCUT2D eigenvalue weighted by Gasteiger charge is 2.20. The van der Waals surface area contributed by atoms with Crippen LogP contribution in [0.4, 0.5) is 0 Å². The number of nitrogens with one attached hydrogen (secondary N) is 1. The molecule has 3 N–H and O–H groups in total. The molecule has 0 aliphatic heterocycles. The van der Waals surface area contributed by atoms with E-state index in [0.29, 0.717) is 25.9 Å². The maximum Gasteiger partial charge on any atom is 0.305 e. The number of aliphatic hydroxyl groups excluding tert-OH is 2. The Hall–Kier alpha value is -1.40. The standard InChI is InChI=1S/C75H147NO5/c1-3-5-7-9-11-13-15-17-19-21-22-23-26-29-32-36-39-43-47-51-55-59-63-67-73(78)72(71-77)76-74(79)68-64-60-56-52-48-44-40-37-33-30-27-24-25-28-31-34-38-42-46-50-54-58-62-66-70-81-75(80)69-65-61-57-53-49-45-41-35-20-18-16-14-12-10-8-6-4-2/h27,30,72-73,77-78H,3-26,28-29,31-71H2,1-2H3,(H,76,79)/b30-27-. The summed E-state index contributed by atoms with van der Waals surface area (Å²) in [7, 11) is 0. The molecule has 0 aliphatic rings. The van der Waals surface area contributed by atoms with Gasteiger partial charge in [-0.3, -0.25) is 9.59 Å². The Balaban J connectivity index is 3.38. The van der Waals surface area contributed by atoms with E-state index in [-0.39, 0.29) is 18.5 Å². The number of rotatable bonds is 71. The third-order valence-electron chi connectivity index (χ3n) is 17.8. The quantitative estimate of drug-likeness (QED) is 0.0320. The zero-order valence-electron chi connectivity index (χ0n) is 55.3. The van der Waals surface area contributed by atoms with Crippen molar-refractivity contribution < 1.29 is 24.5 Å². The molecule has 0 aromatic heterocycles. The predicted molar refractivity (Wildman–Crippen MR) is 357 cm³/mol. The molecule has 2 unspecified atom stereocenters. The van der Waals surface area contributed by atoms with Crippen molar-refractivity contribution in [3.05, 3.63) is 12.2 Å². The summed E-state index contributed by atoms with van der Waals surface area (Å²) in [4.78, 5) is 24.7. The van der Waals surface area contributed by atoms with Crippen LogP contribution in [0.25, 0.3) is 0 Å². The van der Waals surface area contributed by atoms with E-state index < -0.39 is 12.1 Å². The van der Waals surface area contributed by atoms with Crippen molar-refractivity contribution in [2.24, 2.45) is 0 Å². The van der Waals surface area contributed by atoms with E-state index >= 15 is 0 Å². The molecule has 6 nitrogen and oxygen atoms in total. The first kappa shape index (κ1) is 79.6. The molecule has 0 saturated heterocycles. The summed E-state index contributed by atoms with van der Waals surface area (Å²) in [5.41, 5.74) is 0. The lowest BCUT2D eigenvalue weighted by atomic mass is 10.0. The Morgan fingerprint density at radius 2 is 0.580 bits per heavy atom.